The lowest BCUT2D eigenvalue weighted by molar-refractivity contribution is 1.18. The van der Waals surface area contributed by atoms with Crippen molar-refractivity contribution >= 4 is 31.5 Å². The van der Waals surface area contributed by atoms with Crippen molar-refractivity contribution in [2.24, 2.45) is 0 Å². The van der Waals surface area contributed by atoms with Crippen molar-refractivity contribution in [3.05, 3.63) is 182 Å². The molecule has 0 bridgehead atoms. The molecule has 9 rings (SSSR count). The summed E-state index contributed by atoms with van der Waals surface area (Å²) in [6.45, 7) is 0. The lowest BCUT2D eigenvalue weighted by atomic mass is 9.94. The second-order valence-corrected chi connectivity index (χ2v) is 13.3. The fourth-order valence-electron chi connectivity index (χ4n) is 6.63. The van der Waals surface area contributed by atoms with Crippen LogP contribution in [-0.2, 0) is 0 Å². The summed E-state index contributed by atoms with van der Waals surface area (Å²) in [5.41, 5.74) is 12.0. The van der Waals surface area contributed by atoms with Crippen LogP contribution in [0.3, 0.4) is 0 Å². The highest BCUT2D eigenvalue weighted by Crippen LogP contribution is 2.42. The van der Waals surface area contributed by atoms with Crippen LogP contribution in [0.4, 0.5) is 0 Å². The molecule has 7 aromatic carbocycles. The molecule has 230 valence electrons. The Hall–Kier alpha value is -6.16. The van der Waals surface area contributed by atoms with Crippen molar-refractivity contribution < 1.29 is 0 Å². The first kappa shape index (κ1) is 29.0. The van der Waals surface area contributed by atoms with Gasteiger partial charge in [0.15, 0.2) is 5.82 Å². The maximum absolute atomic E-state index is 5.22. The normalized spacial score (nSPS) is 11.3. The number of thiophene rings is 1. The van der Waals surface area contributed by atoms with Gasteiger partial charge in [0.25, 0.3) is 0 Å². The zero-order valence-electron chi connectivity index (χ0n) is 26.6. The number of nitrogens with zero attached hydrogens (tertiary/aromatic N) is 2. The lowest BCUT2D eigenvalue weighted by Gasteiger charge is -2.14. The Morgan fingerprint density at radius 3 is 1.55 bits per heavy atom. The molecule has 0 amide bonds. The molecule has 0 aliphatic carbocycles. The van der Waals surface area contributed by atoms with E-state index in [4.69, 9.17) is 9.97 Å². The molecule has 2 aromatic heterocycles. The number of hydrogen-bond donors (Lipinski definition) is 0. The molecule has 2 heterocycles. The van der Waals surface area contributed by atoms with Crippen LogP contribution in [0.2, 0.25) is 0 Å². The average molecular weight is 643 g/mol. The summed E-state index contributed by atoms with van der Waals surface area (Å²) in [4.78, 5) is 10.3. The fraction of sp³-hybridized carbons (Fsp3) is 0. The summed E-state index contributed by atoms with van der Waals surface area (Å²) in [6.07, 6.45) is 0. The maximum atomic E-state index is 5.22. The summed E-state index contributed by atoms with van der Waals surface area (Å²) in [6, 6.07) is 64.4. The number of hydrogen-bond acceptors (Lipinski definition) is 3. The van der Waals surface area contributed by atoms with Crippen LogP contribution in [0.1, 0.15) is 0 Å². The van der Waals surface area contributed by atoms with Crippen molar-refractivity contribution in [2.75, 3.05) is 0 Å². The molecule has 0 atom stereocenters. The van der Waals surface area contributed by atoms with Crippen LogP contribution in [0.15, 0.2) is 182 Å². The third kappa shape index (κ3) is 5.61. The van der Waals surface area contributed by atoms with Gasteiger partial charge < -0.3 is 0 Å². The molecular formula is C46H30N2S. The zero-order chi connectivity index (χ0) is 32.6. The van der Waals surface area contributed by atoms with Gasteiger partial charge in [-0.25, -0.2) is 9.97 Å². The first-order valence-electron chi connectivity index (χ1n) is 16.5. The monoisotopic (exact) mass is 642 g/mol. The van der Waals surface area contributed by atoms with Gasteiger partial charge in [0.2, 0.25) is 0 Å². The Morgan fingerprint density at radius 2 is 0.837 bits per heavy atom. The standard InChI is InChI=1S/C46H30N2S/c1-4-13-31(14-5-1)33-23-25-34(26-24-33)42-30-43(48-46(47-42)35-17-8-3-9-18-35)38-28-36(32-15-6-2-7-16-32)27-37(29-38)39-20-12-21-41-40-19-10-11-22-44(40)49-45(39)41/h1-30H. The van der Waals surface area contributed by atoms with E-state index in [2.05, 4.69) is 158 Å². The van der Waals surface area contributed by atoms with E-state index in [0.717, 1.165) is 33.6 Å². The van der Waals surface area contributed by atoms with Crippen molar-refractivity contribution in [3.63, 3.8) is 0 Å². The third-order valence-electron chi connectivity index (χ3n) is 9.10. The van der Waals surface area contributed by atoms with Crippen LogP contribution in [-0.4, -0.2) is 9.97 Å². The maximum Gasteiger partial charge on any atom is 0.160 e. The minimum absolute atomic E-state index is 0.707. The van der Waals surface area contributed by atoms with Gasteiger partial charge in [0, 0.05) is 36.9 Å². The molecule has 0 aliphatic heterocycles. The van der Waals surface area contributed by atoms with E-state index in [-0.39, 0.29) is 0 Å². The fourth-order valence-corrected chi connectivity index (χ4v) is 7.86. The molecule has 0 saturated heterocycles. The van der Waals surface area contributed by atoms with Crippen LogP contribution in [0.5, 0.6) is 0 Å². The number of aromatic nitrogens is 2. The topological polar surface area (TPSA) is 25.8 Å². The summed E-state index contributed by atoms with van der Waals surface area (Å²) in [5.74, 6) is 0.707. The van der Waals surface area contributed by atoms with E-state index >= 15 is 0 Å². The smallest absolute Gasteiger partial charge is 0.160 e. The summed E-state index contributed by atoms with van der Waals surface area (Å²) < 4.78 is 2.60. The van der Waals surface area contributed by atoms with Gasteiger partial charge in [-0.1, -0.05) is 152 Å². The molecule has 2 nitrogen and oxygen atoms in total. The largest absolute Gasteiger partial charge is 0.228 e. The first-order chi connectivity index (χ1) is 24.3. The molecule has 0 N–H and O–H groups in total. The first-order valence-corrected chi connectivity index (χ1v) is 17.3. The minimum atomic E-state index is 0.707. The van der Waals surface area contributed by atoms with Crippen molar-refractivity contribution in [3.8, 4) is 67.3 Å². The third-order valence-corrected chi connectivity index (χ3v) is 10.3. The lowest BCUT2D eigenvalue weighted by Crippen LogP contribution is -1.96. The van der Waals surface area contributed by atoms with E-state index in [9.17, 15) is 0 Å². The minimum Gasteiger partial charge on any atom is -0.228 e. The van der Waals surface area contributed by atoms with Gasteiger partial charge in [0.1, 0.15) is 0 Å². The number of benzene rings is 7. The van der Waals surface area contributed by atoms with Crippen molar-refractivity contribution in [2.45, 2.75) is 0 Å². The molecule has 0 saturated carbocycles. The molecule has 9 aromatic rings. The molecule has 0 spiro atoms. The Balaban J connectivity index is 1.24. The van der Waals surface area contributed by atoms with Crippen molar-refractivity contribution in [1.82, 2.24) is 9.97 Å². The van der Waals surface area contributed by atoms with Crippen LogP contribution in [0, 0.1) is 0 Å². The SMILES string of the molecule is c1ccc(-c2ccc(-c3cc(-c4cc(-c5ccccc5)cc(-c5cccc6c5sc5ccccc56)c4)nc(-c4ccccc4)n3)cc2)cc1. The second kappa shape index (κ2) is 12.5. The van der Waals surface area contributed by atoms with E-state index in [0.29, 0.717) is 5.82 Å². The van der Waals surface area contributed by atoms with Gasteiger partial charge in [-0.05, 0) is 63.7 Å². The number of fused-ring (bicyclic) bond motifs is 3. The quantitative estimate of drug-likeness (QED) is 0.180. The van der Waals surface area contributed by atoms with E-state index < -0.39 is 0 Å². The van der Waals surface area contributed by atoms with Gasteiger partial charge >= 0.3 is 0 Å². The zero-order valence-corrected chi connectivity index (χ0v) is 27.4. The highest BCUT2D eigenvalue weighted by Gasteiger charge is 2.16. The highest BCUT2D eigenvalue weighted by atomic mass is 32.1. The van der Waals surface area contributed by atoms with Crippen LogP contribution < -0.4 is 0 Å². The Labute approximate surface area is 289 Å². The molecule has 0 radical (unpaired) electrons. The second-order valence-electron chi connectivity index (χ2n) is 12.2. The van der Waals surface area contributed by atoms with Gasteiger partial charge in [-0.2, -0.15) is 0 Å². The van der Waals surface area contributed by atoms with Gasteiger partial charge in [-0.3, -0.25) is 0 Å². The predicted molar refractivity (Wildman–Crippen MR) is 208 cm³/mol. The van der Waals surface area contributed by atoms with E-state index in [1.165, 1.54) is 48.0 Å². The Morgan fingerprint density at radius 1 is 0.327 bits per heavy atom. The van der Waals surface area contributed by atoms with Gasteiger partial charge in [-0.15, -0.1) is 11.3 Å². The highest BCUT2D eigenvalue weighted by molar-refractivity contribution is 7.26. The summed E-state index contributed by atoms with van der Waals surface area (Å²) in [7, 11) is 0. The van der Waals surface area contributed by atoms with Crippen molar-refractivity contribution in [1.29, 1.82) is 0 Å². The van der Waals surface area contributed by atoms with E-state index in [1.54, 1.807) is 0 Å². The van der Waals surface area contributed by atoms with Gasteiger partial charge in [0.05, 0.1) is 11.4 Å². The summed E-state index contributed by atoms with van der Waals surface area (Å²) in [5, 5.41) is 2.59. The Bertz CT molecular complexity index is 2570. The molecule has 0 unspecified atom stereocenters. The summed E-state index contributed by atoms with van der Waals surface area (Å²) >= 11 is 1.86. The van der Waals surface area contributed by atoms with Crippen LogP contribution in [0.25, 0.3) is 87.5 Å². The predicted octanol–water partition coefficient (Wildman–Crippen LogP) is 12.8. The molecule has 49 heavy (non-hydrogen) atoms. The molecular weight excluding hydrogens is 613 g/mol. The van der Waals surface area contributed by atoms with E-state index in [1.807, 2.05) is 35.6 Å². The van der Waals surface area contributed by atoms with Crippen LogP contribution >= 0.6 is 11.3 Å². The Kier molecular flexibility index (Phi) is 7.38. The number of rotatable bonds is 6. The molecule has 0 aliphatic rings. The molecule has 3 heteroatoms. The average Bonchev–Trinajstić information content (AvgIpc) is 3.58. The molecule has 0 fully saturated rings.